The van der Waals surface area contributed by atoms with E-state index in [-0.39, 0.29) is 6.42 Å². The number of benzene rings is 2. The Morgan fingerprint density at radius 2 is 1.79 bits per heavy atom. The van der Waals surface area contributed by atoms with Gasteiger partial charge >= 0.3 is 0 Å². The third-order valence-corrected chi connectivity index (χ3v) is 5.32. The molecule has 2 rings (SSSR count). The Bertz CT molecular complexity index is 796. The zero-order valence-corrected chi connectivity index (χ0v) is 17.5. The number of rotatable bonds is 10. The molecule has 0 bridgehead atoms. The Hall–Kier alpha value is -1.88. The Morgan fingerprint density at radius 3 is 2.43 bits per heavy atom. The van der Waals surface area contributed by atoms with Crippen molar-refractivity contribution < 1.29 is 10.0 Å². The lowest BCUT2D eigenvalue weighted by molar-refractivity contribution is -0.170. The summed E-state index contributed by atoms with van der Waals surface area (Å²) >= 11 is 11.9. The highest BCUT2D eigenvalue weighted by Gasteiger charge is 2.27. The molecule has 0 fully saturated rings. The second-order valence-corrected chi connectivity index (χ2v) is 7.63. The molecule has 0 radical (unpaired) electrons. The van der Waals surface area contributed by atoms with Crippen LogP contribution in [0.3, 0.4) is 0 Å². The zero-order chi connectivity index (χ0) is 20.5. The monoisotopic (exact) mass is 420 g/mol. The third-order valence-electron chi connectivity index (χ3n) is 4.58. The van der Waals surface area contributed by atoms with Gasteiger partial charge in [0, 0.05) is 5.71 Å². The maximum Gasteiger partial charge on any atom is 0.251 e. The standard InChI is InChI=1S/C22H26Cl2N2O2/c1-2-3-4-8-11-20(25)22(17-9-6-5-7-10-17)26(28)21(27)15-16-12-13-18(23)19(24)14-16/h5-7,9-10,12-14,22,25,28H,2-4,8,11,15H2,1H3/t22-/m0/s1. The number of halogens is 2. The van der Waals surface area contributed by atoms with Gasteiger partial charge < -0.3 is 5.41 Å². The number of nitrogens with zero attached hydrogens (tertiary/aromatic N) is 1. The lowest BCUT2D eigenvalue weighted by Gasteiger charge is -2.27. The van der Waals surface area contributed by atoms with Crippen LogP contribution in [0.5, 0.6) is 0 Å². The molecule has 2 aromatic rings. The number of hydrogen-bond acceptors (Lipinski definition) is 3. The van der Waals surface area contributed by atoms with Crippen molar-refractivity contribution in [2.45, 2.75) is 51.5 Å². The van der Waals surface area contributed by atoms with E-state index in [2.05, 4.69) is 6.92 Å². The normalized spacial score (nSPS) is 11.9. The van der Waals surface area contributed by atoms with E-state index in [9.17, 15) is 10.0 Å². The smallest absolute Gasteiger partial charge is 0.251 e. The Balaban J connectivity index is 2.15. The van der Waals surface area contributed by atoms with Gasteiger partial charge in [-0.05, 0) is 36.1 Å². The van der Waals surface area contributed by atoms with Crippen LogP contribution in [0.15, 0.2) is 48.5 Å². The maximum atomic E-state index is 12.7. The number of hydroxylamine groups is 2. The molecule has 4 nitrogen and oxygen atoms in total. The molecule has 150 valence electrons. The van der Waals surface area contributed by atoms with Gasteiger partial charge in [0.2, 0.25) is 0 Å². The highest BCUT2D eigenvalue weighted by molar-refractivity contribution is 6.42. The summed E-state index contributed by atoms with van der Waals surface area (Å²) in [6, 6.07) is 13.3. The summed E-state index contributed by atoms with van der Waals surface area (Å²) in [4.78, 5) is 12.7. The first-order valence-electron chi connectivity index (χ1n) is 9.51. The van der Waals surface area contributed by atoms with Crippen molar-refractivity contribution in [1.82, 2.24) is 5.06 Å². The molecule has 0 aliphatic carbocycles. The lowest BCUT2D eigenvalue weighted by atomic mass is 9.97. The maximum absolute atomic E-state index is 12.7. The van der Waals surface area contributed by atoms with Crippen molar-refractivity contribution >= 4 is 34.8 Å². The molecule has 2 N–H and O–H groups in total. The number of unbranched alkanes of at least 4 members (excludes halogenated alkanes) is 3. The molecule has 2 aromatic carbocycles. The van der Waals surface area contributed by atoms with Crippen LogP contribution >= 0.6 is 23.2 Å². The van der Waals surface area contributed by atoms with E-state index >= 15 is 0 Å². The van der Waals surface area contributed by atoms with Crippen LogP contribution in [0.1, 0.15) is 56.2 Å². The average molecular weight is 421 g/mol. The highest BCUT2D eigenvalue weighted by Crippen LogP contribution is 2.26. The minimum atomic E-state index is -0.793. The van der Waals surface area contributed by atoms with E-state index in [1.54, 1.807) is 18.2 Å². The summed E-state index contributed by atoms with van der Waals surface area (Å²) in [6.07, 6.45) is 4.64. The molecule has 1 amide bonds. The number of carbonyl (C=O) groups excluding carboxylic acids is 1. The van der Waals surface area contributed by atoms with E-state index in [0.717, 1.165) is 25.7 Å². The van der Waals surface area contributed by atoms with E-state index < -0.39 is 11.9 Å². The van der Waals surface area contributed by atoms with Gasteiger partial charge in [-0.2, -0.15) is 0 Å². The first kappa shape index (κ1) is 22.4. The average Bonchev–Trinajstić information content (AvgIpc) is 2.69. The van der Waals surface area contributed by atoms with Gasteiger partial charge in [-0.3, -0.25) is 10.0 Å². The first-order chi connectivity index (χ1) is 13.4. The fourth-order valence-corrected chi connectivity index (χ4v) is 3.37. The highest BCUT2D eigenvalue weighted by atomic mass is 35.5. The van der Waals surface area contributed by atoms with Gasteiger partial charge in [0.05, 0.1) is 16.5 Å². The Kier molecular flexibility index (Phi) is 8.97. The fraction of sp³-hybridized carbons (Fsp3) is 0.364. The molecule has 0 heterocycles. The van der Waals surface area contributed by atoms with Crippen LogP contribution in [0, 0.1) is 5.41 Å². The number of carbonyl (C=O) groups is 1. The molecule has 6 heteroatoms. The second kappa shape index (κ2) is 11.2. The van der Waals surface area contributed by atoms with E-state index in [1.165, 1.54) is 0 Å². The van der Waals surface area contributed by atoms with Crippen LogP contribution < -0.4 is 0 Å². The van der Waals surface area contributed by atoms with Crippen LogP contribution in [0.2, 0.25) is 10.0 Å². The van der Waals surface area contributed by atoms with Gasteiger partial charge in [-0.1, -0.05) is 85.8 Å². The minimum absolute atomic E-state index is 0.0279. The molecule has 0 spiro atoms. The molecule has 0 saturated heterocycles. The van der Waals surface area contributed by atoms with Crippen molar-refractivity contribution in [1.29, 1.82) is 5.41 Å². The van der Waals surface area contributed by atoms with Gasteiger partial charge in [0.15, 0.2) is 0 Å². The minimum Gasteiger partial charge on any atom is -0.307 e. The molecular formula is C22H26Cl2N2O2. The van der Waals surface area contributed by atoms with Gasteiger partial charge in [-0.15, -0.1) is 0 Å². The molecular weight excluding hydrogens is 395 g/mol. The van der Waals surface area contributed by atoms with Crippen molar-refractivity contribution in [3.8, 4) is 0 Å². The topological polar surface area (TPSA) is 64.4 Å². The fourth-order valence-electron chi connectivity index (χ4n) is 3.05. The number of amides is 1. The van der Waals surface area contributed by atoms with E-state index in [1.807, 2.05) is 30.3 Å². The number of hydrogen-bond donors (Lipinski definition) is 2. The molecule has 0 aliphatic rings. The summed E-state index contributed by atoms with van der Waals surface area (Å²) in [5.74, 6) is -0.495. The SMILES string of the molecule is CCCCCCC(=N)[C@H](c1ccccc1)N(O)C(=O)Cc1ccc(Cl)c(Cl)c1. The molecule has 28 heavy (non-hydrogen) atoms. The molecule has 1 atom stereocenters. The summed E-state index contributed by atoms with van der Waals surface area (Å²) < 4.78 is 0. The molecule has 0 unspecified atom stereocenters. The summed E-state index contributed by atoms with van der Waals surface area (Å²) in [5, 5.41) is 20.6. The van der Waals surface area contributed by atoms with Crippen LogP contribution in [-0.4, -0.2) is 21.9 Å². The summed E-state index contributed by atoms with van der Waals surface area (Å²) in [5.41, 5.74) is 1.69. The Morgan fingerprint density at radius 1 is 1.07 bits per heavy atom. The lowest BCUT2D eigenvalue weighted by Crippen LogP contribution is -2.37. The predicted molar refractivity (Wildman–Crippen MR) is 114 cm³/mol. The van der Waals surface area contributed by atoms with E-state index in [0.29, 0.717) is 38.4 Å². The quantitative estimate of drug-likeness (QED) is 0.199. The summed E-state index contributed by atoms with van der Waals surface area (Å²) in [6.45, 7) is 2.13. The molecule has 0 aromatic heterocycles. The first-order valence-corrected chi connectivity index (χ1v) is 10.3. The van der Waals surface area contributed by atoms with Crippen LogP contribution in [0.25, 0.3) is 0 Å². The van der Waals surface area contributed by atoms with Crippen molar-refractivity contribution in [3.63, 3.8) is 0 Å². The van der Waals surface area contributed by atoms with Gasteiger partial charge in [0.25, 0.3) is 5.91 Å². The van der Waals surface area contributed by atoms with Crippen molar-refractivity contribution in [3.05, 3.63) is 69.7 Å². The number of nitrogens with one attached hydrogen (secondary N) is 1. The predicted octanol–water partition coefficient (Wildman–Crippen LogP) is 6.49. The van der Waals surface area contributed by atoms with Gasteiger partial charge in [-0.25, -0.2) is 5.06 Å². The third kappa shape index (κ3) is 6.33. The largest absolute Gasteiger partial charge is 0.307 e. The zero-order valence-electron chi connectivity index (χ0n) is 16.0. The van der Waals surface area contributed by atoms with Crippen LogP contribution in [-0.2, 0) is 11.2 Å². The van der Waals surface area contributed by atoms with Crippen molar-refractivity contribution in [2.75, 3.05) is 0 Å². The Labute approximate surface area is 176 Å². The van der Waals surface area contributed by atoms with E-state index in [4.69, 9.17) is 28.6 Å². The van der Waals surface area contributed by atoms with Gasteiger partial charge in [0.1, 0.15) is 6.04 Å². The van der Waals surface area contributed by atoms with Crippen molar-refractivity contribution in [2.24, 2.45) is 0 Å². The molecule has 0 aliphatic heterocycles. The second-order valence-electron chi connectivity index (χ2n) is 6.81. The summed E-state index contributed by atoms with van der Waals surface area (Å²) in [7, 11) is 0. The van der Waals surface area contributed by atoms with Crippen LogP contribution in [0.4, 0.5) is 0 Å². The molecule has 0 saturated carbocycles.